The van der Waals surface area contributed by atoms with Crippen molar-refractivity contribution >= 4 is 10.8 Å². The van der Waals surface area contributed by atoms with E-state index in [9.17, 15) is 4.21 Å². The van der Waals surface area contributed by atoms with E-state index in [1.54, 1.807) is 6.26 Å². The Hall–Kier alpha value is 0.110. The standard InChI is InChI=1S/C13H29NOS/c1-4-5-6-7-8-9-11-14-13(2)10-12-16(3)15/h13-14H,4-12H2,1-3H3. The van der Waals surface area contributed by atoms with E-state index in [-0.39, 0.29) is 0 Å². The van der Waals surface area contributed by atoms with E-state index in [1.807, 2.05) is 0 Å². The first kappa shape index (κ1) is 16.1. The SMILES string of the molecule is CCCCCCCCNC(C)CCS(C)=O. The van der Waals surface area contributed by atoms with Gasteiger partial charge in [-0.25, -0.2) is 0 Å². The van der Waals surface area contributed by atoms with Crippen molar-refractivity contribution in [2.24, 2.45) is 0 Å². The Labute approximate surface area is 104 Å². The molecule has 0 bridgehead atoms. The van der Waals surface area contributed by atoms with Gasteiger partial charge < -0.3 is 5.32 Å². The van der Waals surface area contributed by atoms with Gasteiger partial charge in [0.05, 0.1) is 0 Å². The summed E-state index contributed by atoms with van der Waals surface area (Å²) in [4.78, 5) is 0. The molecule has 0 aliphatic rings. The molecule has 0 aromatic carbocycles. The third-order valence-corrected chi connectivity index (χ3v) is 3.67. The number of unbranched alkanes of at least 4 members (excludes halogenated alkanes) is 5. The first-order chi connectivity index (χ1) is 7.66. The Morgan fingerprint density at radius 3 is 2.38 bits per heavy atom. The summed E-state index contributed by atoms with van der Waals surface area (Å²) in [5.41, 5.74) is 0. The number of hydrogen-bond acceptors (Lipinski definition) is 2. The molecule has 0 amide bonds. The van der Waals surface area contributed by atoms with E-state index < -0.39 is 10.8 Å². The summed E-state index contributed by atoms with van der Waals surface area (Å²) < 4.78 is 10.9. The number of nitrogens with one attached hydrogen (secondary N) is 1. The normalized spacial score (nSPS) is 14.9. The predicted octanol–water partition coefficient (Wildman–Crippen LogP) is 3.09. The van der Waals surface area contributed by atoms with Crippen molar-refractivity contribution in [3.05, 3.63) is 0 Å². The first-order valence-electron chi connectivity index (χ1n) is 6.70. The summed E-state index contributed by atoms with van der Waals surface area (Å²) in [6, 6.07) is 0.513. The fourth-order valence-electron chi connectivity index (χ4n) is 1.70. The maximum Gasteiger partial charge on any atom is 0.0246 e. The van der Waals surface area contributed by atoms with Gasteiger partial charge in [0.1, 0.15) is 0 Å². The van der Waals surface area contributed by atoms with Gasteiger partial charge in [-0.15, -0.1) is 0 Å². The topological polar surface area (TPSA) is 29.1 Å². The summed E-state index contributed by atoms with van der Waals surface area (Å²) in [6.07, 6.45) is 10.9. The summed E-state index contributed by atoms with van der Waals surface area (Å²) in [5, 5.41) is 3.49. The van der Waals surface area contributed by atoms with Crippen molar-refractivity contribution in [3.63, 3.8) is 0 Å². The van der Waals surface area contributed by atoms with E-state index in [1.165, 1.54) is 38.5 Å². The van der Waals surface area contributed by atoms with E-state index in [0.29, 0.717) is 6.04 Å². The smallest absolute Gasteiger partial charge is 0.0246 e. The highest BCUT2D eigenvalue weighted by molar-refractivity contribution is 7.84. The molecule has 0 aliphatic carbocycles. The Morgan fingerprint density at radius 2 is 1.75 bits per heavy atom. The molecule has 0 aromatic heterocycles. The zero-order valence-corrected chi connectivity index (χ0v) is 12.1. The summed E-state index contributed by atoms with van der Waals surface area (Å²) in [7, 11) is -0.639. The van der Waals surface area contributed by atoms with Gasteiger partial charge in [-0.3, -0.25) is 4.21 Å². The monoisotopic (exact) mass is 247 g/mol. The Balaban J connectivity index is 3.15. The minimum absolute atomic E-state index is 0.513. The molecule has 0 aromatic rings. The molecule has 3 heteroatoms. The Bertz CT molecular complexity index is 173. The summed E-state index contributed by atoms with van der Waals surface area (Å²) in [5.74, 6) is 0.824. The molecule has 2 atom stereocenters. The van der Waals surface area contributed by atoms with Crippen LogP contribution in [0.5, 0.6) is 0 Å². The van der Waals surface area contributed by atoms with Crippen LogP contribution in [0.4, 0.5) is 0 Å². The maximum absolute atomic E-state index is 10.9. The van der Waals surface area contributed by atoms with Gasteiger partial charge in [-0.2, -0.15) is 0 Å². The molecule has 98 valence electrons. The van der Waals surface area contributed by atoms with Crippen molar-refractivity contribution in [1.29, 1.82) is 0 Å². The van der Waals surface area contributed by atoms with Crippen LogP contribution in [-0.4, -0.2) is 28.8 Å². The van der Waals surface area contributed by atoms with Crippen molar-refractivity contribution in [3.8, 4) is 0 Å². The number of hydrogen-bond donors (Lipinski definition) is 1. The van der Waals surface area contributed by atoms with Gasteiger partial charge in [0.25, 0.3) is 0 Å². The third-order valence-electron chi connectivity index (χ3n) is 2.86. The zero-order valence-electron chi connectivity index (χ0n) is 11.3. The molecule has 0 rings (SSSR count). The van der Waals surface area contributed by atoms with Gasteiger partial charge in [-0.1, -0.05) is 39.0 Å². The third kappa shape index (κ3) is 12.2. The van der Waals surface area contributed by atoms with Crippen LogP contribution in [0.1, 0.15) is 58.8 Å². The van der Waals surface area contributed by atoms with Crippen LogP contribution >= 0.6 is 0 Å². The van der Waals surface area contributed by atoms with Crippen molar-refractivity contribution in [1.82, 2.24) is 5.32 Å². The second kappa shape index (κ2) is 11.6. The molecular weight excluding hydrogens is 218 g/mol. The second-order valence-corrected chi connectivity index (χ2v) is 6.24. The average Bonchev–Trinajstić information content (AvgIpc) is 2.25. The Morgan fingerprint density at radius 1 is 1.12 bits per heavy atom. The molecule has 0 saturated heterocycles. The molecule has 0 radical (unpaired) electrons. The molecule has 16 heavy (non-hydrogen) atoms. The van der Waals surface area contributed by atoms with E-state index in [0.717, 1.165) is 18.7 Å². The molecular formula is C13H29NOS. The summed E-state index contributed by atoms with van der Waals surface area (Å²) >= 11 is 0. The molecule has 2 unspecified atom stereocenters. The minimum Gasteiger partial charge on any atom is -0.314 e. The van der Waals surface area contributed by atoms with Crippen LogP contribution in [0, 0.1) is 0 Å². The van der Waals surface area contributed by atoms with Gasteiger partial charge >= 0.3 is 0 Å². The highest BCUT2D eigenvalue weighted by Gasteiger charge is 2.01. The fourth-order valence-corrected chi connectivity index (χ4v) is 2.38. The molecule has 0 spiro atoms. The molecule has 0 aliphatic heterocycles. The van der Waals surface area contributed by atoms with Crippen LogP contribution in [0.25, 0.3) is 0 Å². The molecule has 2 nitrogen and oxygen atoms in total. The zero-order chi connectivity index (χ0) is 12.2. The summed E-state index contributed by atoms with van der Waals surface area (Å²) in [6.45, 7) is 5.55. The van der Waals surface area contributed by atoms with Crippen LogP contribution in [0.3, 0.4) is 0 Å². The van der Waals surface area contributed by atoms with Gasteiger partial charge in [0.15, 0.2) is 0 Å². The van der Waals surface area contributed by atoms with E-state index in [4.69, 9.17) is 0 Å². The minimum atomic E-state index is -0.639. The van der Waals surface area contributed by atoms with Gasteiger partial charge in [0, 0.05) is 28.9 Å². The lowest BCUT2D eigenvalue weighted by Gasteiger charge is -2.12. The molecule has 1 N–H and O–H groups in total. The molecule has 0 heterocycles. The highest BCUT2D eigenvalue weighted by Crippen LogP contribution is 2.04. The van der Waals surface area contributed by atoms with Gasteiger partial charge in [0.2, 0.25) is 0 Å². The van der Waals surface area contributed by atoms with Crippen LogP contribution in [-0.2, 0) is 10.8 Å². The van der Waals surface area contributed by atoms with E-state index >= 15 is 0 Å². The van der Waals surface area contributed by atoms with Gasteiger partial charge in [-0.05, 0) is 26.3 Å². The Kier molecular flexibility index (Phi) is 11.7. The molecule has 0 saturated carbocycles. The lowest BCUT2D eigenvalue weighted by molar-refractivity contribution is 0.505. The first-order valence-corrected chi connectivity index (χ1v) is 8.43. The van der Waals surface area contributed by atoms with E-state index in [2.05, 4.69) is 19.2 Å². The fraction of sp³-hybridized carbons (Fsp3) is 1.00. The lowest BCUT2D eigenvalue weighted by atomic mass is 10.1. The molecule has 0 fully saturated rings. The second-order valence-electron chi connectivity index (χ2n) is 4.69. The van der Waals surface area contributed by atoms with Crippen LogP contribution in [0.15, 0.2) is 0 Å². The highest BCUT2D eigenvalue weighted by atomic mass is 32.2. The van der Waals surface area contributed by atoms with Crippen molar-refractivity contribution in [2.45, 2.75) is 64.8 Å². The number of rotatable bonds is 11. The van der Waals surface area contributed by atoms with Crippen LogP contribution < -0.4 is 5.32 Å². The van der Waals surface area contributed by atoms with Crippen LogP contribution in [0.2, 0.25) is 0 Å². The van der Waals surface area contributed by atoms with Crippen molar-refractivity contribution in [2.75, 3.05) is 18.6 Å². The predicted molar refractivity (Wildman–Crippen MR) is 74.4 cm³/mol. The maximum atomic E-state index is 10.9. The lowest BCUT2D eigenvalue weighted by Crippen LogP contribution is -2.28. The van der Waals surface area contributed by atoms with Crippen molar-refractivity contribution < 1.29 is 4.21 Å². The quantitative estimate of drug-likeness (QED) is 0.568. The average molecular weight is 247 g/mol. The largest absolute Gasteiger partial charge is 0.314 e.